The number of amides is 3. The number of primary amides is 1. The van der Waals surface area contributed by atoms with Crippen molar-refractivity contribution in [2.24, 2.45) is 11.7 Å². The number of thioether (sulfide) groups is 1. The fraction of sp³-hybridized carbons (Fsp3) is 0.294. The minimum atomic E-state index is -0.911. The Kier molecular flexibility index (Phi) is 5.97. The van der Waals surface area contributed by atoms with E-state index in [2.05, 4.69) is 16.9 Å². The summed E-state index contributed by atoms with van der Waals surface area (Å²) in [6.07, 6.45) is 1.59. The molecule has 0 unspecified atom stereocenters. The van der Waals surface area contributed by atoms with Gasteiger partial charge in [-0.2, -0.15) is 0 Å². The summed E-state index contributed by atoms with van der Waals surface area (Å²) in [6, 6.07) is 6.10. The highest BCUT2D eigenvalue weighted by molar-refractivity contribution is 8.00. The van der Waals surface area contributed by atoms with Gasteiger partial charge in [0.25, 0.3) is 5.56 Å². The number of carbonyl (C=O) groups is 2. The van der Waals surface area contributed by atoms with Gasteiger partial charge in [-0.1, -0.05) is 43.8 Å². The Hall–Kier alpha value is -2.61. The zero-order valence-electron chi connectivity index (χ0n) is 14.1. The lowest BCUT2D eigenvalue weighted by atomic mass is 10.1. The second kappa shape index (κ2) is 7.98. The lowest BCUT2D eigenvalue weighted by Crippen LogP contribution is -2.42. The van der Waals surface area contributed by atoms with E-state index in [0.29, 0.717) is 16.1 Å². The first-order valence-electron chi connectivity index (χ1n) is 7.72. The van der Waals surface area contributed by atoms with Crippen LogP contribution in [0.2, 0.25) is 0 Å². The molecule has 1 aromatic heterocycles. The molecule has 0 aliphatic rings. The fourth-order valence-electron chi connectivity index (χ4n) is 2.33. The van der Waals surface area contributed by atoms with Gasteiger partial charge in [-0.05, 0) is 18.1 Å². The number of urea groups is 1. The van der Waals surface area contributed by atoms with Crippen molar-refractivity contribution in [2.45, 2.75) is 30.8 Å². The summed E-state index contributed by atoms with van der Waals surface area (Å²) in [7, 11) is 0. The van der Waals surface area contributed by atoms with Crippen molar-refractivity contribution in [2.75, 3.05) is 0 Å². The first-order valence-corrected chi connectivity index (χ1v) is 8.60. The summed E-state index contributed by atoms with van der Waals surface area (Å²) in [5.74, 6) is -0.620. The smallest absolute Gasteiger partial charge is 0.318 e. The fourth-order valence-corrected chi connectivity index (χ4v) is 3.43. The average Bonchev–Trinajstić information content (AvgIpc) is 2.54. The van der Waals surface area contributed by atoms with Gasteiger partial charge in [0.15, 0.2) is 5.16 Å². The largest absolute Gasteiger partial charge is 0.351 e. The number of imide groups is 1. The summed E-state index contributed by atoms with van der Waals surface area (Å²) >= 11 is 1.13. The Balaban J connectivity index is 2.52. The van der Waals surface area contributed by atoms with Crippen molar-refractivity contribution >= 4 is 34.6 Å². The zero-order chi connectivity index (χ0) is 18.6. The van der Waals surface area contributed by atoms with Gasteiger partial charge in [-0.25, -0.2) is 9.78 Å². The van der Waals surface area contributed by atoms with Crippen LogP contribution < -0.4 is 16.6 Å². The van der Waals surface area contributed by atoms with E-state index in [9.17, 15) is 14.4 Å². The van der Waals surface area contributed by atoms with Crippen molar-refractivity contribution in [3.63, 3.8) is 0 Å². The molecule has 8 heteroatoms. The Labute approximate surface area is 149 Å². The van der Waals surface area contributed by atoms with E-state index in [0.717, 1.165) is 11.8 Å². The number of benzene rings is 1. The third kappa shape index (κ3) is 4.27. The van der Waals surface area contributed by atoms with Gasteiger partial charge in [0.05, 0.1) is 16.2 Å². The van der Waals surface area contributed by atoms with Crippen molar-refractivity contribution in [3.8, 4) is 0 Å². The van der Waals surface area contributed by atoms with E-state index in [1.165, 1.54) is 4.57 Å². The molecule has 0 spiro atoms. The molecule has 0 bridgehead atoms. The normalized spacial score (nSPS) is 12.1. The quantitative estimate of drug-likeness (QED) is 0.465. The molecule has 1 aromatic carbocycles. The Morgan fingerprint density at radius 2 is 2.08 bits per heavy atom. The predicted molar refractivity (Wildman–Crippen MR) is 98.4 cm³/mol. The molecule has 2 rings (SSSR count). The molecule has 1 atom stereocenters. The van der Waals surface area contributed by atoms with Crippen LogP contribution in [0.3, 0.4) is 0 Å². The number of carbonyl (C=O) groups excluding carboxylic acids is 2. The van der Waals surface area contributed by atoms with Crippen LogP contribution in [0.15, 0.2) is 46.9 Å². The number of fused-ring (bicyclic) bond motifs is 1. The zero-order valence-corrected chi connectivity index (χ0v) is 14.9. The highest BCUT2D eigenvalue weighted by Crippen LogP contribution is 2.27. The molecule has 7 nitrogen and oxygen atoms in total. The van der Waals surface area contributed by atoms with Crippen molar-refractivity contribution < 1.29 is 9.59 Å². The summed E-state index contributed by atoms with van der Waals surface area (Å²) in [5, 5.41) is 2.35. The van der Waals surface area contributed by atoms with Crippen LogP contribution >= 0.6 is 11.8 Å². The number of nitrogens with two attached hydrogens (primary N) is 1. The van der Waals surface area contributed by atoms with Crippen LogP contribution in [0.1, 0.15) is 13.8 Å². The van der Waals surface area contributed by atoms with Gasteiger partial charge in [-0.15, -0.1) is 6.58 Å². The molecular formula is C17H20N4O3S. The second-order valence-electron chi connectivity index (χ2n) is 5.75. The number of para-hydroxylation sites is 1. The van der Waals surface area contributed by atoms with E-state index in [1.54, 1.807) is 30.3 Å². The minimum absolute atomic E-state index is 0.107. The first-order chi connectivity index (χ1) is 11.8. The molecule has 0 aliphatic carbocycles. The van der Waals surface area contributed by atoms with Crippen LogP contribution in [-0.2, 0) is 11.3 Å². The Morgan fingerprint density at radius 1 is 1.40 bits per heavy atom. The van der Waals surface area contributed by atoms with Crippen LogP contribution in [0.4, 0.5) is 4.79 Å². The van der Waals surface area contributed by atoms with Gasteiger partial charge >= 0.3 is 6.03 Å². The maximum atomic E-state index is 12.7. The molecule has 3 amide bonds. The summed E-state index contributed by atoms with van der Waals surface area (Å²) in [6.45, 7) is 7.62. The first kappa shape index (κ1) is 18.7. The van der Waals surface area contributed by atoms with Gasteiger partial charge in [0, 0.05) is 6.54 Å². The molecule has 1 heterocycles. The van der Waals surface area contributed by atoms with E-state index in [-0.39, 0.29) is 18.0 Å². The number of nitrogens with zero attached hydrogens (tertiary/aromatic N) is 2. The lowest BCUT2D eigenvalue weighted by Gasteiger charge is -2.20. The number of allylic oxidation sites excluding steroid dienone is 1. The van der Waals surface area contributed by atoms with Crippen molar-refractivity contribution in [1.82, 2.24) is 14.9 Å². The summed E-state index contributed by atoms with van der Waals surface area (Å²) in [4.78, 5) is 40.5. The molecular weight excluding hydrogens is 340 g/mol. The summed E-state index contributed by atoms with van der Waals surface area (Å²) < 4.78 is 1.47. The minimum Gasteiger partial charge on any atom is -0.351 e. The monoisotopic (exact) mass is 360 g/mol. The molecule has 132 valence electrons. The van der Waals surface area contributed by atoms with E-state index in [1.807, 2.05) is 13.8 Å². The van der Waals surface area contributed by atoms with Crippen LogP contribution in [-0.4, -0.2) is 26.7 Å². The number of hydrogen-bond donors (Lipinski definition) is 2. The van der Waals surface area contributed by atoms with Gasteiger partial charge in [0.1, 0.15) is 0 Å². The van der Waals surface area contributed by atoms with Gasteiger partial charge in [0.2, 0.25) is 5.91 Å². The Morgan fingerprint density at radius 3 is 2.68 bits per heavy atom. The third-order valence-corrected chi connectivity index (χ3v) is 5.02. The third-order valence-electron chi connectivity index (χ3n) is 3.48. The SMILES string of the molecule is C=CCn1c(S[C@@H](C(=O)NC(N)=O)C(C)C)nc2ccccc2c1=O. The highest BCUT2D eigenvalue weighted by Gasteiger charge is 2.27. The number of aromatic nitrogens is 2. The molecule has 0 saturated heterocycles. The molecule has 0 aliphatic heterocycles. The molecule has 0 saturated carbocycles. The van der Waals surface area contributed by atoms with Crippen LogP contribution in [0.25, 0.3) is 10.9 Å². The topological polar surface area (TPSA) is 107 Å². The molecule has 3 N–H and O–H groups in total. The number of rotatable bonds is 6. The molecule has 2 aromatic rings. The van der Waals surface area contributed by atoms with Crippen molar-refractivity contribution in [3.05, 3.63) is 47.3 Å². The second-order valence-corrected chi connectivity index (χ2v) is 6.86. The van der Waals surface area contributed by atoms with E-state index < -0.39 is 17.2 Å². The van der Waals surface area contributed by atoms with E-state index in [4.69, 9.17) is 5.73 Å². The number of nitrogens with one attached hydrogen (secondary N) is 1. The predicted octanol–water partition coefficient (Wildman–Crippen LogP) is 1.89. The highest BCUT2D eigenvalue weighted by atomic mass is 32.2. The standard InChI is InChI=1S/C17H20N4O3S/c1-4-9-21-15(23)11-7-5-6-8-12(11)19-17(21)25-13(10(2)3)14(22)20-16(18)24/h4-8,10,13H,1,9H2,2-3H3,(H3,18,20,22,24)/t13-/m1/s1. The van der Waals surface area contributed by atoms with Crippen LogP contribution in [0, 0.1) is 5.92 Å². The van der Waals surface area contributed by atoms with E-state index >= 15 is 0 Å². The lowest BCUT2D eigenvalue weighted by molar-refractivity contribution is -0.120. The van der Waals surface area contributed by atoms with Gasteiger partial charge in [-0.3, -0.25) is 19.5 Å². The average molecular weight is 360 g/mol. The maximum Gasteiger partial charge on any atom is 0.318 e. The Bertz CT molecular complexity index is 876. The molecule has 0 radical (unpaired) electrons. The number of hydrogen-bond acceptors (Lipinski definition) is 5. The maximum absolute atomic E-state index is 12.7. The van der Waals surface area contributed by atoms with Crippen molar-refractivity contribution in [1.29, 1.82) is 0 Å². The summed E-state index contributed by atoms with van der Waals surface area (Å²) in [5.41, 5.74) is 5.38. The molecule has 0 fully saturated rings. The van der Waals surface area contributed by atoms with Crippen LogP contribution in [0.5, 0.6) is 0 Å². The van der Waals surface area contributed by atoms with Gasteiger partial charge < -0.3 is 5.73 Å². The molecule has 25 heavy (non-hydrogen) atoms.